The number of non-ortho nitro benzene ring substituents is 1. The fraction of sp³-hybridized carbons (Fsp3) is 0.462. The van der Waals surface area contributed by atoms with Gasteiger partial charge in [0.25, 0.3) is 5.69 Å². The van der Waals surface area contributed by atoms with Crippen LogP contribution in [0.15, 0.2) is 29.3 Å². The Morgan fingerprint density at radius 2 is 1.75 bits per heavy atom. The molecule has 24 heavy (non-hydrogen) atoms. The van der Waals surface area contributed by atoms with E-state index in [-0.39, 0.29) is 42.2 Å². The molecule has 0 spiro atoms. The number of rotatable bonds is 7. The molecule has 0 unspecified atom stereocenters. The van der Waals surface area contributed by atoms with Gasteiger partial charge in [-0.15, -0.1) is 24.0 Å². The lowest BCUT2D eigenvalue weighted by Gasteiger charge is -2.13. The number of nitrogens with one attached hydrogen (secondary N) is 3. The first-order valence-electron chi connectivity index (χ1n) is 6.81. The summed E-state index contributed by atoms with van der Waals surface area (Å²) < 4.78 is 36.1. The first-order chi connectivity index (χ1) is 10.8. The summed E-state index contributed by atoms with van der Waals surface area (Å²) in [6, 6.07) is 5.92. The minimum atomic E-state index is -4.21. The molecular formula is C13H19F3IN5O2. The number of nitro groups is 1. The zero-order valence-electron chi connectivity index (χ0n) is 12.9. The Morgan fingerprint density at radius 3 is 2.25 bits per heavy atom. The van der Waals surface area contributed by atoms with Crippen LogP contribution in [0.4, 0.5) is 24.5 Å². The molecule has 136 valence electrons. The number of aliphatic imine (C=N–C) groups is 1. The fourth-order valence-corrected chi connectivity index (χ4v) is 1.63. The van der Waals surface area contributed by atoms with Gasteiger partial charge < -0.3 is 16.0 Å². The summed E-state index contributed by atoms with van der Waals surface area (Å²) in [6.07, 6.45) is -5.14. The zero-order valence-corrected chi connectivity index (χ0v) is 15.2. The quantitative estimate of drug-likeness (QED) is 0.145. The summed E-state index contributed by atoms with van der Waals surface area (Å²) in [4.78, 5) is 13.8. The Balaban J connectivity index is 0.00000529. The number of guanidine groups is 1. The molecule has 0 saturated carbocycles. The Labute approximate surface area is 154 Å². The van der Waals surface area contributed by atoms with Crippen LogP contribution in [0.2, 0.25) is 0 Å². The van der Waals surface area contributed by atoms with Crippen molar-refractivity contribution in [2.24, 2.45) is 4.99 Å². The normalized spacial score (nSPS) is 11.4. The van der Waals surface area contributed by atoms with E-state index >= 15 is 0 Å². The minimum absolute atomic E-state index is 0. The topological polar surface area (TPSA) is 91.6 Å². The van der Waals surface area contributed by atoms with Crippen molar-refractivity contribution < 1.29 is 18.1 Å². The lowest BCUT2D eigenvalue weighted by molar-refractivity contribution is -0.384. The third-order valence-electron chi connectivity index (χ3n) is 2.75. The summed E-state index contributed by atoms with van der Waals surface area (Å²) in [5.74, 6) is 0.278. The van der Waals surface area contributed by atoms with E-state index in [0.717, 1.165) is 0 Å². The summed E-state index contributed by atoms with van der Waals surface area (Å²) in [5, 5.41) is 19.0. The third-order valence-corrected chi connectivity index (χ3v) is 2.75. The molecule has 0 heterocycles. The molecule has 0 fully saturated rings. The van der Waals surface area contributed by atoms with Crippen molar-refractivity contribution in [2.75, 3.05) is 32.0 Å². The standard InChI is InChI=1S/C13H18F3N5O2.HI/c1-17-12(19-7-6-13(14,15)16)20-9-8-18-10-2-4-11(5-3-10)21(22)23;/h2-5,18H,6-9H2,1H3,(H2,17,19,20);1H. The van der Waals surface area contributed by atoms with E-state index in [0.29, 0.717) is 18.8 Å². The summed E-state index contributed by atoms with van der Waals surface area (Å²) in [6.45, 7) is 0.638. The monoisotopic (exact) mass is 461 g/mol. The van der Waals surface area contributed by atoms with Crippen molar-refractivity contribution in [2.45, 2.75) is 12.6 Å². The van der Waals surface area contributed by atoms with E-state index in [1.54, 1.807) is 12.1 Å². The van der Waals surface area contributed by atoms with Gasteiger partial charge in [-0.1, -0.05) is 0 Å². The molecule has 0 aliphatic heterocycles. The molecule has 11 heteroatoms. The molecule has 0 bridgehead atoms. The predicted octanol–water partition coefficient (Wildman–Crippen LogP) is 2.74. The number of nitro benzene ring substituents is 1. The van der Waals surface area contributed by atoms with Crippen molar-refractivity contribution in [3.8, 4) is 0 Å². The molecule has 0 aliphatic rings. The van der Waals surface area contributed by atoms with Crippen LogP contribution in [0.1, 0.15) is 6.42 Å². The van der Waals surface area contributed by atoms with Crippen LogP contribution in [0.5, 0.6) is 0 Å². The average Bonchev–Trinajstić information content (AvgIpc) is 2.49. The van der Waals surface area contributed by atoms with E-state index in [1.807, 2.05) is 0 Å². The van der Waals surface area contributed by atoms with Gasteiger partial charge in [0, 0.05) is 44.5 Å². The van der Waals surface area contributed by atoms with Crippen LogP contribution < -0.4 is 16.0 Å². The maximum Gasteiger partial charge on any atom is 0.390 e. The Hall–Kier alpha value is -1.79. The van der Waals surface area contributed by atoms with Crippen LogP contribution >= 0.6 is 24.0 Å². The number of nitrogens with zero attached hydrogens (tertiary/aromatic N) is 2. The first kappa shape index (κ1) is 22.2. The Kier molecular flexibility index (Phi) is 10.1. The van der Waals surface area contributed by atoms with Gasteiger partial charge in [-0.2, -0.15) is 13.2 Å². The predicted molar refractivity (Wildman–Crippen MR) is 97.0 cm³/mol. The maximum absolute atomic E-state index is 12.0. The van der Waals surface area contributed by atoms with Crippen molar-refractivity contribution in [1.82, 2.24) is 10.6 Å². The second kappa shape index (κ2) is 10.9. The maximum atomic E-state index is 12.0. The first-order valence-corrected chi connectivity index (χ1v) is 6.81. The molecule has 0 amide bonds. The van der Waals surface area contributed by atoms with Crippen molar-refractivity contribution in [3.05, 3.63) is 34.4 Å². The average molecular weight is 461 g/mol. The minimum Gasteiger partial charge on any atom is -0.383 e. The van der Waals surface area contributed by atoms with Gasteiger partial charge in [0.2, 0.25) is 0 Å². The van der Waals surface area contributed by atoms with Crippen LogP contribution in [0, 0.1) is 10.1 Å². The SMILES string of the molecule is CN=C(NCCNc1ccc([N+](=O)[O-])cc1)NCCC(F)(F)F.I. The fourth-order valence-electron chi connectivity index (χ4n) is 1.63. The van der Waals surface area contributed by atoms with Gasteiger partial charge in [0.15, 0.2) is 5.96 Å². The number of anilines is 1. The molecule has 7 nitrogen and oxygen atoms in total. The van der Waals surface area contributed by atoms with Crippen LogP contribution in [0.3, 0.4) is 0 Å². The van der Waals surface area contributed by atoms with Gasteiger partial charge in [0.05, 0.1) is 11.3 Å². The van der Waals surface area contributed by atoms with Crippen molar-refractivity contribution in [1.29, 1.82) is 0 Å². The molecule has 3 N–H and O–H groups in total. The van der Waals surface area contributed by atoms with E-state index in [9.17, 15) is 23.3 Å². The molecule has 0 aliphatic carbocycles. The highest BCUT2D eigenvalue weighted by Gasteiger charge is 2.26. The van der Waals surface area contributed by atoms with Crippen LogP contribution in [-0.2, 0) is 0 Å². The number of alkyl halides is 3. The summed E-state index contributed by atoms with van der Waals surface area (Å²) >= 11 is 0. The Morgan fingerprint density at radius 1 is 1.17 bits per heavy atom. The second-order valence-corrected chi connectivity index (χ2v) is 4.52. The molecule has 0 atom stereocenters. The second-order valence-electron chi connectivity index (χ2n) is 4.52. The Bertz CT molecular complexity index is 537. The van der Waals surface area contributed by atoms with Gasteiger partial charge in [-0.3, -0.25) is 15.1 Å². The summed E-state index contributed by atoms with van der Waals surface area (Å²) in [7, 11) is 1.46. The highest BCUT2D eigenvalue weighted by Crippen LogP contribution is 2.18. The number of hydrogen-bond acceptors (Lipinski definition) is 4. The smallest absolute Gasteiger partial charge is 0.383 e. The highest BCUT2D eigenvalue weighted by atomic mass is 127. The lowest BCUT2D eigenvalue weighted by Crippen LogP contribution is -2.40. The van der Waals surface area contributed by atoms with Crippen molar-refractivity contribution >= 4 is 41.3 Å². The van der Waals surface area contributed by atoms with Crippen LogP contribution in [0.25, 0.3) is 0 Å². The molecular weight excluding hydrogens is 442 g/mol. The van der Waals surface area contributed by atoms with Gasteiger partial charge in [-0.25, -0.2) is 0 Å². The van der Waals surface area contributed by atoms with Gasteiger partial charge in [-0.05, 0) is 12.1 Å². The molecule has 0 radical (unpaired) electrons. The molecule has 1 aromatic carbocycles. The number of halogens is 4. The molecule has 0 aromatic heterocycles. The van der Waals surface area contributed by atoms with Gasteiger partial charge >= 0.3 is 6.18 Å². The van der Waals surface area contributed by atoms with Gasteiger partial charge in [0.1, 0.15) is 0 Å². The molecule has 1 rings (SSSR count). The zero-order chi connectivity index (χ0) is 17.3. The van der Waals surface area contributed by atoms with Crippen LogP contribution in [-0.4, -0.2) is 43.7 Å². The molecule has 0 saturated heterocycles. The summed E-state index contributed by atoms with van der Waals surface area (Å²) in [5.41, 5.74) is 0.709. The van der Waals surface area contributed by atoms with Crippen molar-refractivity contribution in [3.63, 3.8) is 0 Å². The lowest BCUT2D eigenvalue weighted by atomic mass is 10.3. The number of hydrogen-bond donors (Lipinski definition) is 3. The molecule has 1 aromatic rings. The van der Waals surface area contributed by atoms with E-state index in [4.69, 9.17) is 0 Å². The highest BCUT2D eigenvalue weighted by molar-refractivity contribution is 14.0. The van der Waals surface area contributed by atoms with E-state index in [2.05, 4.69) is 20.9 Å². The third kappa shape index (κ3) is 9.37. The number of benzene rings is 1. The van der Waals surface area contributed by atoms with E-state index in [1.165, 1.54) is 19.2 Å². The largest absolute Gasteiger partial charge is 0.390 e. The van der Waals surface area contributed by atoms with E-state index < -0.39 is 17.5 Å².